The average Bonchev–Trinajstić information content (AvgIpc) is 2.13. The number of aliphatic hydroxyl groups is 1. The second-order valence-corrected chi connectivity index (χ2v) is 2.98. The van der Waals surface area contributed by atoms with Gasteiger partial charge in [0.1, 0.15) is 6.04 Å². The van der Waals surface area contributed by atoms with Crippen molar-refractivity contribution in [2.45, 2.75) is 31.8 Å². The SMILES string of the molecule is CCCC(N)C(=O)N[C@@H](CO)C(=O)O. The second kappa shape index (κ2) is 6.33. The molecule has 0 bridgehead atoms. The Bertz CT molecular complexity index is 208. The van der Waals surface area contributed by atoms with Gasteiger partial charge in [0.05, 0.1) is 12.6 Å². The van der Waals surface area contributed by atoms with Gasteiger partial charge < -0.3 is 21.3 Å². The molecular weight excluding hydrogens is 188 g/mol. The first-order chi connectivity index (χ1) is 6.52. The number of aliphatic hydroxyl groups excluding tert-OH is 1. The summed E-state index contributed by atoms with van der Waals surface area (Å²) in [6.45, 7) is 1.23. The Kier molecular flexibility index (Phi) is 5.82. The van der Waals surface area contributed by atoms with Crippen LogP contribution in [0.25, 0.3) is 0 Å². The number of amides is 1. The molecule has 0 spiro atoms. The summed E-state index contributed by atoms with van der Waals surface area (Å²) in [5, 5.41) is 19.3. The van der Waals surface area contributed by atoms with E-state index in [2.05, 4.69) is 5.32 Å². The molecule has 0 aromatic heterocycles. The Morgan fingerprint density at radius 3 is 2.43 bits per heavy atom. The molecule has 6 nitrogen and oxygen atoms in total. The third-order valence-corrected chi connectivity index (χ3v) is 1.73. The van der Waals surface area contributed by atoms with Crippen molar-refractivity contribution in [3.8, 4) is 0 Å². The Morgan fingerprint density at radius 2 is 2.07 bits per heavy atom. The van der Waals surface area contributed by atoms with E-state index in [1.54, 1.807) is 0 Å². The number of nitrogens with two attached hydrogens (primary N) is 1. The molecule has 0 heterocycles. The largest absolute Gasteiger partial charge is 0.480 e. The molecule has 0 fully saturated rings. The molecule has 0 aliphatic carbocycles. The molecular formula is C8H16N2O4. The standard InChI is InChI=1S/C8H16N2O4/c1-2-3-5(9)7(12)10-6(4-11)8(13)14/h5-6,11H,2-4,9H2,1H3,(H,10,12)(H,13,14)/t5?,6-/m0/s1. The van der Waals surface area contributed by atoms with Crippen molar-refractivity contribution in [1.82, 2.24) is 5.32 Å². The van der Waals surface area contributed by atoms with E-state index >= 15 is 0 Å². The van der Waals surface area contributed by atoms with Gasteiger partial charge in [0.15, 0.2) is 0 Å². The molecule has 0 aromatic carbocycles. The van der Waals surface area contributed by atoms with Crippen molar-refractivity contribution < 1.29 is 19.8 Å². The van der Waals surface area contributed by atoms with Gasteiger partial charge in [0.2, 0.25) is 5.91 Å². The Balaban J connectivity index is 4.08. The van der Waals surface area contributed by atoms with Gasteiger partial charge in [0, 0.05) is 0 Å². The Labute approximate surface area is 82.1 Å². The summed E-state index contributed by atoms with van der Waals surface area (Å²) in [6, 6.07) is -1.99. The number of hydrogen-bond donors (Lipinski definition) is 4. The van der Waals surface area contributed by atoms with Crippen LogP contribution in [-0.4, -0.2) is 40.8 Å². The molecule has 0 saturated carbocycles. The summed E-state index contributed by atoms with van der Waals surface area (Å²) in [7, 11) is 0. The highest BCUT2D eigenvalue weighted by atomic mass is 16.4. The van der Waals surface area contributed by atoms with E-state index in [1.807, 2.05) is 6.92 Å². The van der Waals surface area contributed by atoms with Crippen molar-refractivity contribution in [2.24, 2.45) is 5.73 Å². The summed E-state index contributed by atoms with van der Waals surface area (Å²) >= 11 is 0. The number of nitrogens with one attached hydrogen (secondary N) is 1. The van der Waals surface area contributed by atoms with Crippen LogP contribution in [0, 0.1) is 0 Å². The van der Waals surface area contributed by atoms with Gasteiger partial charge in [-0.2, -0.15) is 0 Å². The summed E-state index contributed by atoms with van der Waals surface area (Å²) in [5.41, 5.74) is 5.44. The van der Waals surface area contributed by atoms with Gasteiger partial charge in [-0.15, -0.1) is 0 Å². The van der Waals surface area contributed by atoms with E-state index in [-0.39, 0.29) is 0 Å². The van der Waals surface area contributed by atoms with Crippen molar-refractivity contribution in [3.63, 3.8) is 0 Å². The molecule has 0 saturated heterocycles. The average molecular weight is 204 g/mol. The monoisotopic (exact) mass is 204 g/mol. The van der Waals surface area contributed by atoms with Crippen LogP contribution >= 0.6 is 0 Å². The predicted molar refractivity (Wildman–Crippen MR) is 49.5 cm³/mol. The van der Waals surface area contributed by atoms with Crippen LogP contribution in [0.3, 0.4) is 0 Å². The zero-order valence-electron chi connectivity index (χ0n) is 8.06. The van der Waals surface area contributed by atoms with Crippen LogP contribution in [0.1, 0.15) is 19.8 Å². The van der Waals surface area contributed by atoms with E-state index in [0.717, 1.165) is 6.42 Å². The minimum atomic E-state index is -1.27. The molecule has 0 aliphatic rings. The molecule has 5 N–H and O–H groups in total. The topological polar surface area (TPSA) is 113 Å². The van der Waals surface area contributed by atoms with Gasteiger partial charge in [-0.1, -0.05) is 13.3 Å². The number of carbonyl (C=O) groups excluding carboxylic acids is 1. The first-order valence-electron chi connectivity index (χ1n) is 4.42. The maximum absolute atomic E-state index is 11.2. The fraction of sp³-hybridized carbons (Fsp3) is 0.750. The number of carbonyl (C=O) groups is 2. The van der Waals surface area contributed by atoms with Crippen LogP contribution in [0.2, 0.25) is 0 Å². The summed E-state index contributed by atoms with van der Waals surface area (Å²) in [6.07, 6.45) is 1.23. The van der Waals surface area contributed by atoms with Crippen LogP contribution in [0.5, 0.6) is 0 Å². The van der Waals surface area contributed by atoms with Gasteiger partial charge in [0.25, 0.3) is 0 Å². The van der Waals surface area contributed by atoms with Crippen LogP contribution in [0.4, 0.5) is 0 Å². The lowest BCUT2D eigenvalue weighted by Crippen LogP contribution is -2.49. The predicted octanol–water partition coefficient (Wildman–Crippen LogP) is -1.32. The minimum Gasteiger partial charge on any atom is -0.480 e. The van der Waals surface area contributed by atoms with Crippen molar-refractivity contribution in [3.05, 3.63) is 0 Å². The fourth-order valence-corrected chi connectivity index (χ4v) is 0.906. The molecule has 2 atom stereocenters. The fourth-order valence-electron chi connectivity index (χ4n) is 0.906. The second-order valence-electron chi connectivity index (χ2n) is 2.98. The van der Waals surface area contributed by atoms with Gasteiger partial charge in [-0.3, -0.25) is 4.79 Å². The summed E-state index contributed by atoms with van der Waals surface area (Å²) in [5.74, 6) is -1.82. The quantitative estimate of drug-likeness (QED) is 0.428. The lowest BCUT2D eigenvalue weighted by molar-refractivity contribution is -0.143. The first kappa shape index (κ1) is 12.9. The van der Waals surface area contributed by atoms with Gasteiger partial charge >= 0.3 is 5.97 Å². The highest BCUT2D eigenvalue weighted by Crippen LogP contribution is 1.94. The van der Waals surface area contributed by atoms with E-state index < -0.39 is 30.6 Å². The van der Waals surface area contributed by atoms with Crippen LogP contribution in [0.15, 0.2) is 0 Å². The van der Waals surface area contributed by atoms with E-state index in [9.17, 15) is 9.59 Å². The van der Waals surface area contributed by atoms with Crippen molar-refractivity contribution >= 4 is 11.9 Å². The summed E-state index contributed by atoms with van der Waals surface area (Å²) in [4.78, 5) is 21.6. The minimum absolute atomic E-state index is 0.490. The number of rotatable bonds is 6. The Morgan fingerprint density at radius 1 is 1.50 bits per heavy atom. The first-order valence-corrected chi connectivity index (χ1v) is 4.42. The number of aliphatic carboxylic acids is 1. The zero-order valence-corrected chi connectivity index (χ0v) is 8.06. The normalized spacial score (nSPS) is 14.5. The number of carboxylic acids is 1. The highest BCUT2D eigenvalue weighted by Gasteiger charge is 2.21. The third-order valence-electron chi connectivity index (χ3n) is 1.73. The summed E-state index contributed by atoms with van der Waals surface area (Å²) < 4.78 is 0. The van der Waals surface area contributed by atoms with Crippen molar-refractivity contribution in [2.75, 3.05) is 6.61 Å². The van der Waals surface area contributed by atoms with Gasteiger partial charge in [-0.05, 0) is 6.42 Å². The van der Waals surface area contributed by atoms with E-state index in [4.69, 9.17) is 15.9 Å². The molecule has 6 heteroatoms. The molecule has 14 heavy (non-hydrogen) atoms. The maximum atomic E-state index is 11.2. The molecule has 1 unspecified atom stereocenters. The maximum Gasteiger partial charge on any atom is 0.328 e. The van der Waals surface area contributed by atoms with Gasteiger partial charge in [-0.25, -0.2) is 4.79 Å². The van der Waals surface area contributed by atoms with Crippen LogP contribution in [-0.2, 0) is 9.59 Å². The van der Waals surface area contributed by atoms with Crippen molar-refractivity contribution in [1.29, 1.82) is 0 Å². The molecule has 0 aliphatic heterocycles. The molecule has 82 valence electrons. The van der Waals surface area contributed by atoms with E-state index in [1.165, 1.54) is 0 Å². The Hall–Kier alpha value is -1.14. The third kappa shape index (κ3) is 4.20. The lowest BCUT2D eigenvalue weighted by atomic mass is 10.1. The number of hydrogen-bond acceptors (Lipinski definition) is 4. The van der Waals surface area contributed by atoms with Crippen LogP contribution < -0.4 is 11.1 Å². The molecule has 0 radical (unpaired) electrons. The molecule has 1 amide bonds. The lowest BCUT2D eigenvalue weighted by Gasteiger charge is -2.15. The smallest absolute Gasteiger partial charge is 0.328 e. The molecule has 0 aromatic rings. The zero-order chi connectivity index (χ0) is 11.1. The number of carboxylic acid groups (broad SMARTS) is 1. The van der Waals surface area contributed by atoms with E-state index in [0.29, 0.717) is 6.42 Å². The highest BCUT2D eigenvalue weighted by molar-refractivity contribution is 5.86. The molecule has 0 rings (SSSR count).